The standard InChI is InChI=1S/C20H28N6O/c1-11(2)14-10-13(17-23-18(25-27-17)20(21)8-7-9-20)15-12(3)24-26(16(15)22-14)19(4,5)6/h10-11H,7-9,21H2,1-6H3. The maximum atomic E-state index is 6.38. The molecule has 0 radical (unpaired) electrons. The second-order valence-electron chi connectivity index (χ2n) is 9.05. The molecule has 4 rings (SSSR count). The Morgan fingerprint density at radius 1 is 1.22 bits per heavy atom. The fourth-order valence-corrected chi connectivity index (χ4v) is 3.56. The zero-order valence-corrected chi connectivity index (χ0v) is 17.0. The fourth-order valence-electron chi connectivity index (χ4n) is 3.56. The first-order valence-electron chi connectivity index (χ1n) is 9.64. The predicted octanol–water partition coefficient (Wildman–Crippen LogP) is 4.01. The number of pyridine rings is 1. The van der Waals surface area contributed by atoms with Crippen molar-refractivity contribution in [3.05, 3.63) is 23.3 Å². The minimum atomic E-state index is -0.445. The molecular weight excluding hydrogens is 340 g/mol. The number of nitrogens with zero attached hydrogens (tertiary/aromatic N) is 5. The highest BCUT2D eigenvalue weighted by Crippen LogP contribution is 2.39. The minimum absolute atomic E-state index is 0.181. The van der Waals surface area contributed by atoms with Crippen LogP contribution in [0, 0.1) is 6.92 Å². The van der Waals surface area contributed by atoms with Gasteiger partial charge in [0, 0.05) is 5.69 Å². The van der Waals surface area contributed by atoms with Crippen molar-refractivity contribution in [1.82, 2.24) is 24.9 Å². The molecule has 7 nitrogen and oxygen atoms in total. The maximum absolute atomic E-state index is 6.38. The third-order valence-corrected chi connectivity index (χ3v) is 5.41. The average Bonchev–Trinajstić information content (AvgIpc) is 3.17. The Morgan fingerprint density at radius 3 is 2.48 bits per heavy atom. The number of rotatable bonds is 3. The molecule has 1 fully saturated rings. The number of nitrogens with two attached hydrogens (primary N) is 1. The van der Waals surface area contributed by atoms with Crippen molar-refractivity contribution in [2.45, 2.75) is 77.8 Å². The van der Waals surface area contributed by atoms with Gasteiger partial charge < -0.3 is 10.3 Å². The van der Waals surface area contributed by atoms with E-state index in [9.17, 15) is 0 Å². The molecule has 2 N–H and O–H groups in total. The quantitative estimate of drug-likeness (QED) is 0.750. The molecule has 0 amide bonds. The van der Waals surface area contributed by atoms with E-state index in [-0.39, 0.29) is 11.5 Å². The molecule has 144 valence electrons. The highest BCUT2D eigenvalue weighted by molar-refractivity contribution is 5.93. The fraction of sp³-hybridized carbons (Fsp3) is 0.600. The Labute approximate surface area is 159 Å². The molecule has 3 aromatic heterocycles. The van der Waals surface area contributed by atoms with Crippen LogP contribution in [-0.4, -0.2) is 24.9 Å². The van der Waals surface area contributed by atoms with E-state index in [1.807, 2.05) is 11.6 Å². The van der Waals surface area contributed by atoms with Gasteiger partial charge >= 0.3 is 0 Å². The molecule has 0 spiro atoms. The summed E-state index contributed by atoms with van der Waals surface area (Å²) < 4.78 is 7.65. The van der Waals surface area contributed by atoms with E-state index in [0.717, 1.165) is 47.2 Å². The van der Waals surface area contributed by atoms with Gasteiger partial charge in [-0.25, -0.2) is 9.67 Å². The van der Waals surface area contributed by atoms with Crippen molar-refractivity contribution in [2.24, 2.45) is 5.73 Å². The lowest BCUT2D eigenvalue weighted by molar-refractivity contribution is 0.229. The summed E-state index contributed by atoms with van der Waals surface area (Å²) in [5, 5.41) is 9.93. The van der Waals surface area contributed by atoms with E-state index < -0.39 is 5.54 Å². The Kier molecular flexibility index (Phi) is 3.93. The molecule has 3 heterocycles. The van der Waals surface area contributed by atoms with Crippen molar-refractivity contribution in [1.29, 1.82) is 0 Å². The average molecular weight is 368 g/mol. The largest absolute Gasteiger partial charge is 0.334 e. The Morgan fingerprint density at radius 2 is 1.93 bits per heavy atom. The SMILES string of the molecule is Cc1nn(C(C)(C)C)c2nc(C(C)C)cc(-c3nc(C4(N)CCC4)no3)c12. The molecule has 27 heavy (non-hydrogen) atoms. The van der Waals surface area contributed by atoms with Gasteiger partial charge in [-0.1, -0.05) is 19.0 Å². The van der Waals surface area contributed by atoms with Gasteiger partial charge in [-0.3, -0.25) is 0 Å². The van der Waals surface area contributed by atoms with Gasteiger partial charge in [0.15, 0.2) is 11.5 Å². The van der Waals surface area contributed by atoms with E-state index in [1.165, 1.54) is 0 Å². The Bertz CT molecular complexity index is 1000. The van der Waals surface area contributed by atoms with Crippen LogP contribution in [0.25, 0.3) is 22.5 Å². The second-order valence-corrected chi connectivity index (χ2v) is 9.05. The predicted molar refractivity (Wildman–Crippen MR) is 104 cm³/mol. The number of hydrogen-bond acceptors (Lipinski definition) is 6. The third-order valence-electron chi connectivity index (χ3n) is 5.41. The molecule has 0 atom stereocenters. The normalized spacial score (nSPS) is 16.9. The smallest absolute Gasteiger partial charge is 0.258 e. The summed E-state index contributed by atoms with van der Waals surface area (Å²) in [6, 6.07) is 2.05. The molecule has 0 aliphatic heterocycles. The Balaban J connectivity index is 1.96. The third kappa shape index (κ3) is 2.84. The van der Waals surface area contributed by atoms with E-state index in [4.69, 9.17) is 20.3 Å². The van der Waals surface area contributed by atoms with Crippen molar-refractivity contribution >= 4 is 11.0 Å². The van der Waals surface area contributed by atoms with Gasteiger partial charge in [0.1, 0.15) is 0 Å². The van der Waals surface area contributed by atoms with Crippen LogP contribution in [0.3, 0.4) is 0 Å². The van der Waals surface area contributed by atoms with Gasteiger partial charge in [0.05, 0.1) is 27.7 Å². The van der Waals surface area contributed by atoms with Gasteiger partial charge in [-0.15, -0.1) is 0 Å². The maximum Gasteiger partial charge on any atom is 0.258 e. The van der Waals surface area contributed by atoms with Crippen molar-refractivity contribution < 1.29 is 4.52 Å². The van der Waals surface area contributed by atoms with Crippen LogP contribution in [0.15, 0.2) is 10.6 Å². The van der Waals surface area contributed by atoms with Gasteiger partial charge in [0.25, 0.3) is 5.89 Å². The summed E-state index contributed by atoms with van der Waals surface area (Å²) in [5.41, 5.74) is 9.39. The van der Waals surface area contributed by atoms with E-state index in [2.05, 4.69) is 50.8 Å². The number of aryl methyl sites for hydroxylation is 1. The molecule has 3 aromatic rings. The molecule has 1 saturated carbocycles. The van der Waals surface area contributed by atoms with Crippen molar-refractivity contribution in [3.63, 3.8) is 0 Å². The molecule has 1 aliphatic rings. The Hall–Kier alpha value is -2.28. The first-order valence-corrected chi connectivity index (χ1v) is 9.64. The van der Waals surface area contributed by atoms with Crippen LogP contribution in [0.2, 0.25) is 0 Å². The molecule has 0 bridgehead atoms. The van der Waals surface area contributed by atoms with Crippen LogP contribution >= 0.6 is 0 Å². The highest BCUT2D eigenvalue weighted by atomic mass is 16.5. The number of fused-ring (bicyclic) bond motifs is 1. The van der Waals surface area contributed by atoms with E-state index >= 15 is 0 Å². The molecular formula is C20H28N6O. The lowest BCUT2D eigenvalue weighted by Crippen LogP contribution is -2.44. The molecule has 0 unspecified atom stereocenters. The summed E-state index contributed by atoms with van der Waals surface area (Å²) >= 11 is 0. The van der Waals surface area contributed by atoms with Crippen LogP contribution in [0.5, 0.6) is 0 Å². The molecule has 0 saturated heterocycles. The van der Waals surface area contributed by atoms with Gasteiger partial charge in [-0.05, 0) is 58.9 Å². The van der Waals surface area contributed by atoms with Crippen LogP contribution in [0.4, 0.5) is 0 Å². The van der Waals surface area contributed by atoms with E-state index in [0.29, 0.717) is 11.7 Å². The summed E-state index contributed by atoms with van der Waals surface area (Å²) in [4.78, 5) is 9.59. The van der Waals surface area contributed by atoms with Crippen LogP contribution < -0.4 is 5.73 Å². The summed E-state index contributed by atoms with van der Waals surface area (Å²) in [5.74, 6) is 1.36. The van der Waals surface area contributed by atoms with Crippen LogP contribution in [-0.2, 0) is 11.1 Å². The number of aromatic nitrogens is 5. The van der Waals surface area contributed by atoms with Gasteiger partial charge in [0.2, 0.25) is 0 Å². The summed E-state index contributed by atoms with van der Waals surface area (Å²) in [7, 11) is 0. The first kappa shape index (κ1) is 18.1. The summed E-state index contributed by atoms with van der Waals surface area (Å²) in [6.07, 6.45) is 2.90. The lowest BCUT2D eigenvalue weighted by Gasteiger charge is -2.34. The lowest BCUT2D eigenvalue weighted by atomic mass is 9.77. The monoisotopic (exact) mass is 368 g/mol. The first-order chi connectivity index (χ1) is 12.6. The van der Waals surface area contributed by atoms with E-state index in [1.54, 1.807) is 0 Å². The molecule has 0 aromatic carbocycles. The van der Waals surface area contributed by atoms with Gasteiger partial charge in [-0.2, -0.15) is 10.1 Å². The zero-order valence-electron chi connectivity index (χ0n) is 17.0. The van der Waals surface area contributed by atoms with Crippen molar-refractivity contribution in [3.8, 4) is 11.5 Å². The van der Waals surface area contributed by atoms with Crippen molar-refractivity contribution in [2.75, 3.05) is 0 Å². The number of hydrogen-bond donors (Lipinski definition) is 1. The zero-order chi connectivity index (χ0) is 19.6. The minimum Gasteiger partial charge on any atom is -0.334 e. The molecule has 1 aliphatic carbocycles. The summed E-state index contributed by atoms with van der Waals surface area (Å²) in [6.45, 7) is 12.6. The second kappa shape index (κ2) is 5.86. The van der Waals surface area contributed by atoms with Crippen LogP contribution in [0.1, 0.15) is 77.0 Å². The highest BCUT2D eigenvalue weighted by Gasteiger charge is 2.39. The topological polar surface area (TPSA) is 95.7 Å². The molecule has 7 heteroatoms.